The first-order chi connectivity index (χ1) is 58.7. The summed E-state index contributed by atoms with van der Waals surface area (Å²) in [6.45, 7) is 0.864. The first-order valence-electron chi connectivity index (χ1n) is 34.8. The van der Waals surface area contributed by atoms with Gasteiger partial charge in [0.1, 0.15) is 108 Å². The number of anilines is 7. The van der Waals surface area contributed by atoms with Crippen molar-refractivity contribution in [2.24, 2.45) is 15.4 Å². The van der Waals surface area contributed by atoms with Gasteiger partial charge in [0, 0.05) is 45.1 Å². The van der Waals surface area contributed by atoms with Gasteiger partial charge in [-0.3, -0.25) is 44.1 Å². The van der Waals surface area contributed by atoms with E-state index in [1.165, 1.54) is 78.7 Å². The molecule has 632 valence electrons. The zero-order valence-electron chi connectivity index (χ0n) is 62.0. The second-order valence-corrected chi connectivity index (χ2v) is 30.2. The Morgan fingerprint density at radius 3 is 2.19 bits per heavy atom. The SMILES string of the molecule is CC(=O)Nc1ncnc2[nH]ncc12.Nc1ncnc(Nc2ccc(S(N)(=O)=O)cc2)n1.Nc1ncnc2c1c(Cl)cn2C1OC(CO)C(O)C1O.Nc1ncnc2c1ncn2C1OC2COP(=O)(O)OC2C1O.O=c1[nH]cnc2c1ccc1[nH]ncc12.ONc1ncnc2[nH]cc(Br)c12.OOOSc1ccc2c(N=Nc3ccccc3)c(O)ccc2c1. The lowest BCUT2D eigenvalue weighted by Gasteiger charge is -2.27. The second-order valence-electron chi connectivity index (χ2n) is 25.2. The number of imidazole rings is 1. The van der Waals surface area contributed by atoms with Crippen LogP contribution in [0.5, 0.6) is 5.75 Å². The number of sulfonamides is 1. The molecule has 9 atom stereocenters. The lowest BCUT2D eigenvalue weighted by Crippen LogP contribution is -2.39. The van der Waals surface area contributed by atoms with Crippen molar-refractivity contribution in [3.63, 3.8) is 0 Å². The van der Waals surface area contributed by atoms with Gasteiger partial charge in [-0.1, -0.05) is 47.0 Å². The minimum atomic E-state index is -4.16. The number of primary sulfonamides is 1. The number of benzene rings is 5. The van der Waals surface area contributed by atoms with Crippen LogP contribution in [0.2, 0.25) is 5.02 Å². The number of amides is 1. The van der Waals surface area contributed by atoms with Gasteiger partial charge in [-0.05, 0) is 88.0 Å². The summed E-state index contributed by atoms with van der Waals surface area (Å²) >= 11 is 10.2. The predicted octanol–water partition coefficient (Wildman–Crippen LogP) is 6.33. The van der Waals surface area contributed by atoms with Crippen molar-refractivity contribution in [2.45, 2.75) is 65.8 Å². The van der Waals surface area contributed by atoms with Crippen LogP contribution >= 0.6 is 47.4 Å². The molecule has 49 nitrogen and oxygen atoms in total. The van der Waals surface area contributed by atoms with Crippen LogP contribution in [0.4, 0.5) is 52.2 Å². The number of azo groups is 1. The van der Waals surface area contributed by atoms with Crippen molar-refractivity contribution in [2.75, 3.05) is 46.5 Å². The molecule has 0 spiro atoms. The lowest BCUT2D eigenvalue weighted by molar-refractivity contribution is -0.432. The van der Waals surface area contributed by atoms with E-state index in [4.69, 9.17) is 63.5 Å². The number of aromatic amines is 4. The summed E-state index contributed by atoms with van der Waals surface area (Å²) in [5, 5.41) is 107. The van der Waals surface area contributed by atoms with Gasteiger partial charge >= 0.3 is 7.82 Å². The third-order valence-electron chi connectivity index (χ3n) is 17.5. The number of nitrogens with zero attached hydrogens (tertiary/aromatic N) is 19. The maximum atomic E-state index is 11.5. The average molecular weight is 1820 g/mol. The van der Waals surface area contributed by atoms with Crippen LogP contribution in [0, 0.1) is 0 Å². The van der Waals surface area contributed by atoms with E-state index in [1.807, 2.05) is 47.9 Å². The largest absolute Gasteiger partial charge is 0.506 e. The summed E-state index contributed by atoms with van der Waals surface area (Å²) in [7, 11) is -7.85. The molecule has 19 rings (SSSR count). The monoisotopic (exact) mass is 1810 g/mol. The van der Waals surface area contributed by atoms with Crippen LogP contribution in [-0.4, -0.2) is 209 Å². The van der Waals surface area contributed by atoms with Gasteiger partial charge in [0.25, 0.3) is 5.56 Å². The molecule has 3 aliphatic heterocycles. The summed E-state index contributed by atoms with van der Waals surface area (Å²) in [6.07, 6.45) is 7.89. The maximum absolute atomic E-state index is 11.5. The number of ether oxygens (including phenoxy) is 2. The molecule has 0 radical (unpaired) electrons. The van der Waals surface area contributed by atoms with Crippen LogP contribution in [-0.2, 0) is 47.3 Å². The third-order valence-corrected chi connectivity index (χ3v) is 20.9. The minimum Gasteiger partial charge on any atom is -0.506 e. The Labute approximate surface area is 698 Å². The van der Waals surface area contributed by atoms with E-state index in [1.54, 1.807) is 61.1 Å². The van der Waals surface area contributed by atoms with E-state index in [9.17, 15) is 47.9 Å². The van der Waals surface area contributed by atoms with Crippen molar-refractivity contribution in [3.8, 4) is 5.75 Å². The molecule has 5 aromatic carbocycles. The quantitative estimate of drug-likeness (QED) is 0.0197. The molecule has 3 saturated heterocycles. The molecule has 122 heavy (non-hydrogen) atoms. The predicted molar refractivity (Wildman–Crippen MR) is 437 cm³/mol. The van der Waals surface area contributed by atoms with Gasteiger partial charge in [0.15, 0.2) is 35.4 Å². The first kappa shape index (κ1) is 86.8. The van der Waals surface area contributed by atoms with E-state index >= 15 is 0 Å². The maximum Gasteiger partial charge on any atom is 0.472 e. The van der Waals surface area contributed by atoms with Crippen molar-refractivity contribution in [3.05, 3.63) is 186 Å². The number of phenolic OH excluding ortho intramolecular Hbond substituents is 1. The van der Waals surface area contributed by atoms with E-state index in [0.717, 1.165) is 48.5 Å². The van der Waals surface area contributed by atoms with Crippen molar-refractivity contribution >= 4 is 192 Å². The van der Waals surface area contributed by atoms with Gasteiger partial charge < -0.3 is 82.3 Å². The molecule has 0 bridgehead atoms. The zero-order chi connectivity index (χ0) is 86.5. The number of phosphoric acid groups is 1. The third kappa shape index (κ3) is 20.2. The number of aliphatic hydroxyl groups excluding tert-OH is 4. The topological polar surface area (TPSA) is 734 Å². The number of rotatable bonds is 13. The van der Waals surface area contributed by atoms with Crippen molar-refractivity contribution < 1.29 is 86.6 Å². The number of hydrogen-bond donors (Lipinski definition) is 19. The van der Waals surface area contributed by atoms with Gasteiger partial charge in [-0.2, -0.15) is 20.3 Å². The number of fused-ring (bicyclic) bond motifs is 9. The molecule has 14 heterocycles. The van der Waals surface area contributed by atoms with Gasteiger partial charge in [-0.25, -0.2) is 83.2 Å². The van der Waals surface area contributed by atoms with Crippen LogP contribution in [0.3, 0.4) is 0 Å². The highest BCUT2D eigenvalue weighted by atomic mass is 79.9. The Hall–Kier alpha value is -13.1. The Bertz CT molecular complexity index is 6670. The molecule has 3 aliphatic rings. The van der Waals surface area contributed by atoms with Gasteiger partial charge in [-0.15, -0.1) is 9.45 Å². The minimum absolute atomic E-state index is 0.0308. The molecule has 54 heteroatoms. The summed E-state index contributed by atoms with van der Waals surface area (Å²) in [4.78, 5) is 88.8. The van der Waals surface area contributed by atoms with Crippen LogP contribution in [0.15, 0.2) is 195 Å². The summed E-state index contributed by atoms with van der Waals surface area (Å²) in [6, 6.07) is 27.4. The number of phenols is 1. The number of carbonyl (C=O) groups is 1. The Morgan fingerprint density at radius 1 is 0.754 bits per heavy atom. The normalized spacial score (nSPS) is 19.0. The highest BCUT2D eigenvalue weighted by Crippen LogP contribution is 2.53. The number of halogens is 2. The number of nitrogens with two attached hydrogens (primary N) is 4. The molecule has 16 aromatic rings. The second kappa shape index (κ2) is 38.5. The highest BCUT2D eigenvalue weighted by molar-refractivity contribution is 9.10. The fourth-order valence-electron chi connectivity index (χ4n) is 11.9. The smallest absolute Gasteiger partial charge is 0.472 e. The number of H-pyrrole nitrogens is 4. The number of aromatic hydroxyl groups is 1. The molecule has 0 saturated carbocycles. The lowest BCUT2D eigenvalue weighted by atomic mass is 10.1. The van der Waals surface area contributed by atoms with Gasteiger partial charge in [0.05, 0.1) is 98.5 Å². The number of aromatic nitrogens is 21. The standard InChI is InChI=1S/C16H12N2O4S.C11H13ClN4O4.C10H12N5O6P.C9H10N6O2S.C9H6N4O.C7H7N5O.C6H5BrN4O/c19-15-9-6-11-10-13(23-22-21-20)7-8-14(11)16(15)18-17-12-4-2-1-3-5-12;12-4-1-16(10-6(4)9(13)14-3-15-10)11-8(19)7(18)5(2-17)20-11;11-8-5-9(13-2-12-8)15(3-14-5)10-6(16)7-4(20-10)1-19-22(17,18)21-7;10-8-12-5-13-9(15-8)14-6-1-3-7(4-2-6)18(11,16)17;14-9-5-1-2-7-6(3-12-13-7)8(5)10-4-11-9;1-4(13)11-6-5-2-10-12-7(5)9-3-8-6;7-3-1-8-5-4(3)6(11-12)10-2-9-5/h1-10,19-20H;1,3,5,7-8,11,17-19H,2H2,(H2,13,14,15);2-4,6-7,10,16H,1H2,(H,17,18)(H2,11,12,13);1-5H,(H2,11,16,17)(H3,10,12,13,14,15);1-4H,(H,12,13)(H,10,11,14);2-3H,1H3,(H2,8,9,10,11,12,13);1-2,12H,(H2,8,9,10,11). The van der Waals surface area contributed by atoms with Crippen LogP contribution in [0.1, 0.15) is 19.4 Å². The summed E-state index contributed by atoms with van der Waals surface area (Å²) in [5.74, 6) is 1.52. The fraction of sp³-hybridized carbons (Fsp3) is 0.162. The molecule has 3 fully saturated rings. The van der Waals surface area contributed by atoms with E-state index in [2.05, 4.69) is 146 Å². The van der Waals surface area contributed by atoms with Gasteiger partial charge in [0.2, 0.25) is 27.8 Å². The Kier molecular flexibility index (Phi) is 27.4. The molecular weight excluding hydrogens is 1750 g/mol. The van der Waals surface area contributed by atoms with Crippen LogP contribution < -0.4 is 44.0 Å². The number of aliphatic hydroxyl groups is 4. The summed E-state index contributed by atoms with van der Waals surface area (Å²) in [5.41, 5.74) is 24.4. The van der Waals surface area contributed by atoms with Crippen LogP contribution in [0.25, 0.3) is 76.8 Å². The molecule has 23 N–H and O–H groups in total. The number of nitrogens with one attached hydrogen (secondary N) is 7. The number of carbonyl (C=O) groups excluding carboxylic acids is 1. The number of hydrogen-bond acceptors (Lipinski definition) is 41. The van der Waals surface area contributed by atoms with E-state index in [-0.39, 0.29) is 52.3 Å². The average Bonchev–Trinajstić information content (AvgIpc) is 1.61. The molecule has 11 aromatic heterocycles. The van der Waals surface area contributed by atoms with E-state index in [0.29, 0.717) is 83.5 Å². The highest BCUT2D eigenvalue weighted by Gasteiger charge is 2.53. The molecule has 9 unspecified atom stereocenters. The van der Waals surface area contributed by atoms with Crippen molar-refractivity contribution in [1.29, 1.82) is 0 Å². The first-order valence-corrected chi connectivity index (χ1v) is 39.8. The molecule has 0 aliphatic carbocycles. The Morgan fingerprint density at radius 2 is 1.46 bits per heavy atom. The molecule has 1 amide bonds. The summed E-state index contributed by atoms with van der Waals surface area (Å²) < 4.78 is 62.4. The fourth-order valence-corrected chi connectivity index (χ4v) is 14.6. The number of phosphoric ester groups is 1. The van der Waals surface area contributed by atoms with Crippen molar-refractivity contribution in [1.82, 2.24) is 104 Å². The van der Waals surface area contributed by atoms with E-state index < -0.39 is 73.5 Å². The Balaban J connectivity index is 0.000000124. The zero-order valence-corrected chi connectivity index (χ0v) is 66.9. The molecular formula is C68H65BrClN30O19PS2. The number of nitrogen functional groups attached to an aromatic ring is 3.